The molecule has 0 spiro atoms. The maximum Gasteiger partial charge on any atom is 0.337 e. The number of rotatable bonds is 3. The summed E-state index contributed by atoms with van der Waals surface area (Å²) in [6, 6.07) is 1.66. The van der Waals surface area contributed by atoms with Crippen molar-refractivity contribution in [3.05, 3.63) is 24.0 Å². The predicted molar refractivity (Wildman–Crippen MR) is 53.3 cm³/mol. The average Bonchev–Trinajstić information content (AvgIpc) is 2.75. The molecule has 0 amide bonds. The number of carboxylic acid groups (broad SMARTS) is 1. The van der Waals surface area contributed by atoms with Crippen molar-refractivity contribution >= 4 is 5.97 Å². The molecule has 1 heterocycles. The second kappa shape index (κ2) is 3.86. The molecule has 0 saturated heterocycles. The number of carbonyl (C=O) groups is 1. The van der Waals surface area contributed by atoms with Crippen LogP contribution in [0.5, 0.6) is 0 Å². The largest absolute Gasteiger partial charge is 0.478 e. The molecule has 76 valence electrons. The van der Waals surface area contributed by atoms with Gasteiger partial charge in [0.2, 0.25) is 0 Å². The zero-order valence-corrected chi connectivity index (χ0v) is 8.15. The predicted octanol–water partition coefficient (Wildman–Crippen LogP) is 2.38. The molecule has 1 aliphatic carbocycles. The van der Waals surface area contributed by atoms with Gasteiger partial charge in [0, 0.05) is 18.9 Å². The van der Waals surface area contributed by atoms with Gasteiger partial charge in [0.1, 0.15) is 0 Å². The summed E-state index contributed by atoms with van der Waals surface area (Å²) in [5.74, 6) is -0.0841. The lowest BCUT2D eigenvalue weighted by atomic mass is 10.1. The van der Waals surface area contributed by atoms with Gasteiger partial charge in [-0.3, -0.25) is 0 Å². The lowest BCUT2D eigenvalue weighted by molar-refractivity contribution is 0.0697. The van der Waals surface area contributed by atoms with E-state index in [0.717, 1.165) is 12.5 Å². The van der Waals surface area contributed by atoms with Gasteiger partial charge in [-0.1, -0.05) is 12.8 Å². The summed E-state index contributed by atoms with van der Waals surface area (Å²) >= 11 is 0. The van der Waals surface area contributed by atoms with Crippen LogP contribution in [0.15, 0.2) is 18.5 Å². The van der Waals surface area contributed by atoms with Crippen LogP contribution < -0.4 is 0 Å². The standard InChI is InChI=1S/C11H15NO2/c13-11(14)10-5-6-12(8-10)7-9-3-1-2-4-9/h5-6,8-9H,1-4,7H2,(H,13,14). The Kier molecular flexibility index (Phi) is 2.57. The molecule has 14 heavy (non-hydrogen) atoms. The minimum absolute atomic E-state index is 0.392. The molecule has 1 saturated carbocycles. The van der Waals surface area contributed by atoms with Crippen LogP contribution >= 0.6 is 0 Å². The van der Waals surface area contributed by atoms with Crippen LogP contribution in [0.4, 0.5) is 0 Å². The van der Waals surface area contributed by atoms with Crippen LogP contribution in [-0.4, -0.2) is 15.6 Å². The summed E-state index contributed by atoms with van der Waals surface area (Å²) in [5, 5.41) is 8.75. The number of carboxylic acids is 1. The maximum atomic E-state index is 10.6. The van der Waals surface area contributed by atoms with E-state index in [1.165, 1.54) is 25.7 Å². The lowest BCUT2D eigenvalue weighted by Gasteiger charge is -2.09. The van der Waals surface area contributed by atoms with Crippen LogP contribution in [0.1, 0.15) is 36.0 Å². The lowest BCUT2D eigenvalue weighted by Crippen LogP contribution is -2.05. The van der Waals surface area contributed by atoms with Crippen molar-refractivity contribution in [2.24, 2.45) is 5.92 Å². The maximum absolute atomic E-state index is 10.6. The fraction of sp³-hybridized carbons (Fsp3) is 0.545. The van der Waals surface area contributed by atoms with Crippen molar-refractivity contribution in [2.45, 2.75) is 32.2 Å². The smallest absolute Gasteiger partial charge is 0.337 e. The second-order valence-electron chi connectivity index (χ2n) is 4.05. The highest BCUT2D eigenvalue weighted by Gasteiger charge is 2.15. The molecule has 3 heteroatoms. The molecule has 3 nitrogen and oxygen atoms in total. The summed E-state index contributed by atoms with van der Waals surface area (Å²) in [6.07, 6.45) is 8.83. The fourth-order valence-electron chi connectivity index (χ4n) is 2.17. The Balaban J connectivity index is 1.98. The van der Waals surface area contributed by atoms with Gasteiger partial charge in [-0.2, -0.15) is 0 Å². The Bertz CT molecular complexity index is 324. The average molecular weight is 193 g/mol. The van der Waals surface area contributed by atoms with Gasteiger partial charge < -0.3 is 9.67 Å². The summed E-state index contributed by atoms with van der Waals surface area (Å²) < 4.78 is 2.00. The van der Waals surface area contributed by atoms with Crippen molar-refractivity contribution in [3.8, 4) is 0 Å². The van der Waals surface area contributed by atoms with Crippen molar-refractivity contribution in [2.75, 3.05) is 0 Å². The first-order valence-electron chi connectivity index (χ1n) is 5.15. The number of nitrogens with zero attached hydrogens (tertiary/aromatic N) is 1. The summed E-state index contributed by atoms with van der Waals surface area (Å²) in [5.41, 5.74) is 0.392. The molecule has 1 N–H and O–H groups in total. The zero-order valence-electron chi connectivity index (χ0n) is 8.15. The van der Waals surface area contributed by atoms with Crippen LogP contribution in [0, 0.1) is 5.92 Å². The van der Waals surface area contributed by atoms with Gasteiger partial charge in [-0.05, 0) is 24.8 Å². The van der Waals surface area contributed by atoms with E-state index in [1.54, 1.807) is 12.3 Å². The first-order valence-corrected chi connectivity index (χ1v) is 5.15. The highest BCUT2D eigenvalue weighted by atomic mass is 16.4. The number of hydrogen-bond acceptors (Lipinski definition) is 1. The highest BCUT2D eigenvalue weighted by Crippen LogP contribution is 2.26. The molecule has 1 aliphatic rings. The van der Waals surface area contributed by atoms with Gasteiger partial charge in [0.15, 0.2) is 0 Å². The van der Waals surface area contributed by atoms with Crippen LogP contribution in [-0.2, 0) is 6.54 Å². The molecule has 0 bridgehead atoms. The summed E-state index contributed by atoms with van der Waals surface area (Å²) in [6.45, 7) is 0.979. The van der Waals surface area contributed by atoms with E-state index >= 15 is 0 Å². The van der Waals surface area contributed by atoms with Crippen molar-refractivity contribution in [1.82, 2.24) is 4.57 Å². The van der Waals surface area contributed by atoms with Crippen LogP contribution in [0.3, 0.4) is 0 Å². The SMILES string of the molecule is O=C(O)c1ccn(CC2CCCC2)c1. The summed E-state index contributed by atoms with van der Waals surface area (Å²) in [4.78, 5) is 10.6. The molecule has 0 unspecified atom stereocenters. The van der Waals surface area contributed by atoms with Crippen LogP contribution in [0.25, 0.3) is 0 Å². The third-order valence-electron chi connectivity index (χ3n) is 2.94. The molecule has 1 aromatic rings. The third-order valence-corrected chi connectivity index (χ3v) is 2.94. The zero-order chi connectivity index (χ0) is 9.97. The molecular formula is C11H15NO2. The molecule has 1 aromatic heterocycles. The molecule has 0 aliphatic heterocycles. The quantitative estimate of drug-likeness (QED) is 0.800. The van der Waals surface area contributed by atoms with Gasteiger partial charge >= 0.3 is 5.97 Å². The Hall–Kier alpha value is -1.25. The van der Waals surface area contributed by atoms with E-state index in [4.69, 9.17) is 5.11 Å². The minimum Gasteiger partial charge on any atom is -0.478 e. The minimum atomic E-state index is -0.838. The first kappa shape index (κ1) is 9.31. The van der Waals surface area contributed by atoms with E-state index in [1.807, 2.05) is 10.8 Å². The molecular weight excluding hydrogens is 178 g/mol. The van der Waals surface area contributed by atoms with Gasteiger partial charge in [-0.25, -0.2) is 4.79 Å². The Labute approximate surface area is 83.4 Å². The fourth-order valence-corrected chi connectivity index (χ4v) is 2.17. The van der Waals surface area contributed by atoms with Gasteiger partial charge in [0.05, 0.1) is 5.56 Å². The van der Waals surface area contributed by atoms with Crippen molar-refractivity contribution < 1.29 is 9.90 Å². The molecule has 0 radical (unpaired) electrons. The Morgan fingerprint density at radius 2 is 2.21 bits per heavy atom. The van der Waals surface area contributed by atoms with E-state index in [2.05, 4.69) is 0 Å². The Morgan fingerprint density at radius 3 is 2.79 bits per heavy atom. The molecule has 1 fully saturated rings. The number of aromatic nitrogens is 1. The Morgan fingerprint density at radius 1 is 1.50 bits per heavy atom. The van der Waals surface area contributed by atoms with Gasteiger partial charge in [-0.15, -0.1) is 0 Å². The molecule has 0 aromatic carbocycles. The highest BCUT2D eigenvalue weighted by molar-refractivity contribution is 5.87. The first-order chi connectivity index (χ1) is 6.75. The van der Waals surface area contributed by atoms with E-state index < -0.39 is 5.97 Å². The third kappa shape index (κ3) is 1.97. The normalized spacial score (nSPS) is 17.4. The molecule has 0 atom stereocenters. The topological polar surface area (TPSA) is 42.2 Å². The van der Waals surface area contributed by atoms with E-state index in [-0.39, 0.29) is 0 Å². The summed E-state index contributed by atoms with van der Waals surface area (Å²) in [7, 11) is 0. The number of aromatic carboxylic acids is 1. The second-order valence-corrected chi connectivity index (χ2v) is 4.05. The molecule has 2 rings (SSSR count). The van der Waals surface area contributed by atoms with E-state index in [0.29, 0.717) is 5.56 Å². The van der Waals surface area contributed by atoms with Crippen molar-refractivity contribution in [3.63, 3.8) is 0 Å². The van der Waals surface area contributed by atoms with Gasteiger partial charge in [0.25, 0.3) is 0 Å². The van der Waals surface area contributed by atoms with E-state index in [9.17, 15) is 4.79 Å². The van der Waals surface area contributed by atoms with Crippen LogP contribution in [0.2, 0.25) is 0 Å². The number of hydrogen-bond donors (Lipinski definition) is 1. The van der Waals surface area contributed by atoms with Crippen molar-refractivity contribution in [1.29, 1.82) is 0 Å². The monoisotopic (exact) mass is 193 g/mol.